The quantitative estimate of drug-likeness (QED) is 0.692. The highest BCUT2D eigenvalue weighted by molar-refractivity contribution is 7.10. The van der Waals surface area contributed by atoms with Crippen LogP contribution in [0.3, 0.4) is 0 Å². The number of carbonyl (C=O) groups is 2. The average Bonchev–Trinajstić information content (AvgIpc) is 2.99. The molecule has 0 bridgehead atoms. The van der Waals surface area contributed by atoms with Crippen LogP contribution >= 0.6 is 11.3 Å². The molecule has 126 valence electrons. The Kier molecular flexibility index (Phi) is 5.26. The van der Waals surface area contributed by atoms with Crippen LogP contribution in [0.2, 0.25) is 0 Å². The van der Waals surface area contributed by atoms with E-state index in [2.05, 4.69) is 16.0 Å². The highest BCUT2D eigenvalue weighted by Crippen LogP contribution is 2.29. The largest absolute Gasteiger partial charge is 0.354 e. The number of thiophene rings is 1. The Morgan fingerprint density at radius 2 is 1.87 bits per heavy atom. The first-order chi connectivity index (χ1) is 10.7. The fraction of sp³-hybridized carbons (Fsp3) is 0.529. The first-order valence-electron chi connectivity index (χ1n) is 7.79. The first kappa shape index (κ1) is 17.7. The molecule has 1 aromatic heterocycles. The summed E-state index contributed by atoms with van der Waals surface area (Å²) in [6, 6.07) is 3.87. The van der Waals surface area contributed by atoms with Gasteiger partial charge in [-0.2, -0.15) is 0 Å². The van der Waals surface area contributed by atoms with Gasteiger partial charge in [0.05, 0.1) is 6.42 Å². The molecule has 0 saturated heterocycles. The molecular formula is C17H25N3O2S. The molecule has 0 spiro atoms. The maximum absolute atomic E-state index is 12.3. The lowest BCUT2D eigenvalue weighted by Crippen LogP contribution is -2.48. The molecule has 0 aromatic carbocycles. The van der Waals surface area contributed by atoms with Crippen molar-refractivity contribution in [3.05, 3.63) is 34.0 Å². The summed E-state index contributed by atoms with van der Waals surface area (Å²) in [7, 11) is 0. The van der Waals surface area contributed by atoms with Crippen molar-refractivity contribution in [1.29, 1.82) is 0 Å². The maximum atomic E-state index is 12.3. The third kappa shape index (κ3) is 4.91. The number of rotatable bonds is 6. The van der Waals surface area contributed by atoms with Crippen LogP contribution in [0.15, 0.2) is 29.2 Å². The van der Waals surface area contributed by atoms with Crippen LogP contribution in [0.1, 0.15) is 32.6 Å². The molecule has 0 unspecified atom stereocenters. The summed E-state index contributed by atoms with van der Waals surface area (Å²) in [6.45, 7) is 8.93. The molecule has 3 N–H and O–H groups in total. The monoisotopic (exact) mass is 335 g/mol. The van der Waals surface area contributed by atoms with E-state index in [1.807, 2.05) is 51.3 Å². The smallest absolute Gasteiger partial charge is 0.248 e. The highest BCUT2D eigenvalue weighted by atomic mass is 32.1. The van der Waals surface area contributed by atoms with Gasteiger partial charge in [0, 0.05) is 34.6 Å². The van der Waals surface area contributed by atoms with Crippen molar-refractivity contribution in [3.8, 4) is 0 Å². The Balaban J connectivity index is 1.74. The van der Waals surface area contributed by atoms with Crippen LogP contribution in [0, 0.1) is 0 Å². The molecule has 2 heterocycles. The van der Waals surface area contributed by atoms with Crippen LogP contribution in [0.25, 0.3) is 0 Å². The normalized spacial score (nSPS) is 18.3. The molecule has 1 aliphatic heterocycles. The minimum absolute atomic E-state index is 0.0232. The topological polar surface area (TPSA) is 70.2 Å². The molecule has 0 saturated carbocycles. The summed E-state index contributed by atoms with van der Waals surface area (Å²) in [5, 5.41) is 11.1. The van der Waals surface area contributed by atoms with Gasteiger partial charge in [-0.1, -0.05) is 12.1 Å². The van der Waals surface area contributed by atoms with E-state index in [9.17, 15) is 9.59 Å². The average molecular weight is 335 g/mol. The third-order valence-corrected chi connectivity index (χ3v) is 4.58. The second-order valence-electron chi connectivity index (χ2n) is 6.89. The van der Waals surface area contributed by atoms with E-state index in [1.165, 1.54) is 0 Å². The zero-order chi connectivity index (χ0) is 17.1. The predicted octanol–water partition coefficient (Wildman–Crippen LogP) is 1.61. The first-order valence-corrected chi connectivity index (χ1v) is 8.67. The van der Waals surface area contributed by atoms with Crippen molar-refractivity contribution < 1.29 is 9.59 Å². The standard InChI is InChI=1S/C17H25N3O2S/c1-16(2)11-13(17(3,4)20-16)15(22)19-8-7-18-14(21)10-12-6-5-9-23-12/h5-6,9,11,20H,7-8,10H2,1-4H3,(H,18,21)(H,19,22). The summed E-state index contributed by atoms with van der Waals surface area (Å²) < 4.78 is 0. The minimum Gasteiger partial charge on any atom is -0.354 e. The second-order valence-corrected chi connectivity index (χ2v) is 7.92. The van der Waals surface area contributed by atoms with Crippen LogP contribution in [0.4, 0.5) is 0 Å². The van der Waals surface area contributed by atoms with Crippen molar-refractivity contribution in [2.24, 2.45) is 0 Å². The molecule has 1 aromatic rings. The molecule has 0 atom stereocenters. The number of nitrogens with one attached hydrogen (secondary N) is 3. The van der Waals surface area contributed by atoms with Gasteiger partial charge in [0.25, 0.3) is 0 Å². The Labute approximate surface area is 141 Å². The lowest BCUT2D eigenvalue weighted by Gasteiger charge is -2.27. The lowest BCUT2D eigenvalue weighted by atomic mass is 9.96. The molecule has 0 aliphatic carbocycles. The van der Waals surface area contributed by atoms with Gasteiger partial charge in [-0.3, -0.25) is 14.9 Å². The molecule has 2 rings (SSSR count). The number of carbonyl (C=O) groups excluding carboxylic acids is 2. The number of hydrogen-bond acceptors (Lipinski definition) is 4. The van der Waals surface area contributed by atoms with E-state index < -0.39 is 0 Å². The molecule has 23 heavy (non-hydrogen) atoms. The van der Waals surface area contributed by atoms with Gasteiger partial charge < -0.3 is 10.6 Å². The van der Waals surface area contributed by atoms with Crippen LogP contribution in [-0.4, -0.2) is 36.0 Å². The Bertz CT molecular complexity index is 603. The summed E-state index contributed by atoms with van der Waals surface area (Å²) in [6.07, 6.45) is 2.36. The van der Waals surface area contributed by atoms with Gasteiger partial charge in [0.1, 0.15) is 0 Å². The molecular weight excluding hydrogens is 310 g/mol. The number of hydrogen-bond donors (Lipinski definition) is 3. The van der Waals surface area contributed by atoms with Gasteiger partial charge >= 0.3 is 0 Å². The summed E-state index contributed by atoms with van der Waals surface area (Å²) in [4.78, 5) is 25.1. The predicted molar refractivity (Wildman–Crippen MR) is 93.4 cm³/mol. The highest BCUT2D eigenvalue weighted by Gasteiger charge is 2.39. The second kappa shape index (κ2) is 6.84. The molecule has 6 heteroatoms. The summed E-state index contributed by atoms with van der Waals surface area (Å²) in [5.74, 6) is -0.106. The van der Waals surface area contributed by atoms with Gasteiger partial charge in [-0.05, 0) is 39.1 Å². The Hall–Kier alpha value is -1.66. The zero-order valence-corrected chi connectivity index (χ0v) is 15.0. The Morgan fingerprint density at radius 3 is 2.43 bits per heavy atom. The van der Waals surface area contributed by atoms with Gasteiger partial charge in [-0.15, -0.1) is 11.3 Å². The molecule has 0 radical (unpaired) electrons. The molecule has 1 aliphatic rings. The van der Waals surface area contributed by atoms with Gasteiger partial charge in [-0.25, -0.2) is 0 Å². The molecule has 0 fully saturated rings. The van der Waals surface area contributed by atoms with Crippen molar-refractivity contribution >= 4 is 23.2 Å². The van der Waals surface area contributed by atoms with E-state index in [0.717, 1.165) is 10.5 Å². The molecule has 2 amide bonds. The SMILES string of the molecule is CC1(C)C=C(C(=O)NCCNC(=O)Cc2cccs2)C(C)(C)N1. The Morgan fingerprint density at radius 1 is 1.17 bits per heavy atom. The van der Waals surface area contributed by atoms with Crippen LogP contribution < -0.4 is 16.0 Å². The van der Waals surface area contributed by atoms with Crippen molar-refractivity contribution in [3.63, 3.8) is 0 Å². The van der Waals surface area contributed by atoms with Crippen molar-refractivity contribution in [2.75, 3.05) is 13.1 Å². The van der Waals surface area contributed by atoms with Crippen LogP contribution in [0.5, 0.6) is 0 Å². The number of amides is 2. The minimum atomic E-state index is -0.351. The fourth-order valence-corrected chi connectivity index (χ4v) is 3.61. The third-order valence-electron chi connectivity index (χ3n) is 3.71. The zero-order valence-electron chi connectivity index (χ0n) is 14.2. The van der Waals surface area contributed by atoms with Crippen molar-refractivity contribution in [2.45, 2.75) is 45.2 Å². The van der Waals surface area contributed by atoms with Gasteiger partial charge in [0.2, 0.25) is 11.8 Å². The fourth-order valence-electron chi connectivity index (χ4n) is 2.91. The van der Waals surface area contributed by atoms with E-state index in [0.29, 0.717) is 19.5 Å². The lowest BCUT2D eigenvalue weighted by molar-refractivity contribution is -0.121. The van der Waals surface area contributed by atoms with E-state index in [1.54, 1.807) is 11.3 Å². The molecule has 5 nitrogen and oxygen atoms in total. The maximum Gasteiger partial charge on any atom is 0.248 e. The van der Waals surface area contributed by atoms with E-state index >= 15 is 0 Å². The van der Waals surface area contributed by atoms with Gasteiger partial charge in [0.15, 0.2) is 0 Å². The summed E-state index contributed by atoms with van der Waals surface area (Å²) in [5.41, 5.74) is 0.202. The van der Waals surface area contributed by atoms with Crippen molar-refractivity contribution in [1.82, 2.24) is 16.0 Å². The van der Waals surface area contributed by atoms with E-state index in [4.69, 9.17) is 0 Å². The van der Waals surface area contributed by atoms with E-state index in [-0.39, 0.29) is 22.9 Å². The van der Waals surface area contributed by atoms with Crippen LogP contribution in [-0.2, 0) is 16.0 Å². The summed E-state index contributed by atoms with van der Waals surface area (Å²) >= 11 is 1.57.